The first-order valence-corrected chi connectivity index (χ1v) is 22.3. The second-order valence-electron chi connectivity index (χ2n) is 15.5. The van der Waals surface area contributed by atoms with Crippen molar-refractivity contribution >= 4 is 68.7 Å². The Morgan fingerprint density at radius 2 is 0.970 bits per heavy atom. The van der Waals surface area contributed by atoms with Gasteiger partial charge in [0.1, 0.15) is 34.5 Å². The summed E-state index contributed by atoms with van der Waals surface area (Å²) in [5.41, 5.74) is 1.17. The molecule has 2 aliphatic rings. The number of aromatic nitrogens is 1. The Morgan fingerprint density at radius 3 is 1.43 bits per heavy atom. The van der Waals surface area contributed by atoms with Gasteiger partial charge < -0.3 is 37.9 Å². The van der Waals surface area contributed by atoms with Gasteiger partial charge in [-0.1, -0.05) is 36.6 Å². The zero-order valence-corrected chi connectivity index (χ0v) is 37.0. The van der Waals surface area contributed by atoms with E-state index in [0.717, 1.165) is 22.4 Å². The van der Waals surface area contributed by atoms with Crippen molar-refractivity contribution in [2.24, 2.45) is 28.7 Å². The molecular weight excluding hydrogens is 885 g/mol. The Kier molecular flexibility index (Phi) is 16.2. The number of aliphatic imine (C=N–C) groups is 1. The topological polar surface area (TPSA) is 202 Å². The van der Waals surface area contributed by atoms with Gasteiger partial charge in [0.25, 0.3) is 0 Å². The first kappa shape index (κ1) is 47.3. The molecule has 346 valence electrons. The zero-order chi connectivity index (χ0) is 47.1. The lowest BCUT2D eigenvalue weighted by Gasteiger charge is -2.26. The van der Waals surface area contributed by atoms with Crippen LogP contribution in [0, 0.1) is 23.7 Å². The van der Waals surface area contributed by atoms with E-state index in [0.29, 0.717) is 85.1 Å². The molecule has 16 nitrogen and oxygen atoms in total. The first-order valence-electron chi connectivity index (χ1n) is 21.5. The lowest BCUT2D eigenvalue weighted by molar-refractivity contribution is -0.145. The van der Waals surface area contributed by atoms with E-state index in [1.165, 1.54) is 17.6 Å². The Hall–Kier alpha value is -7.66. The lowest BCUT2D eigenvalue weighted by atomic mass is 9.82. The third-order valence-corrected chi connectivity index (χ3v) is 12.0. The summed E-state index contributed by atoms with van der Waals surface area (Å²) in [4.78, 5) is 84.6. The summed E-state index contributed by atoms with van der Waals surface area (Å²) in [5.74, 6) is -2.82. The largest absolute Gasteiger partial charge is 0.457 e. The summed E-state index contributed by atoms with van der Waals surface area (Å²) in [6, 6.07) is 24.9. The second kappa shape index (κ2) is 23.0. The minimum atomic E-state index is -0.614. The number of fused-ring (bicyclic) bond motifs is 1. The summed E-state index contributed by atoms with van der Waals surface area (Å²) in [5, 5.41) is 0.479. The van der Waals surface area contributed by atoms with Crippen LogP contribution in [0.2, 0.25) is 0 Å². The molecule has 2 aliphatic carbocycles. The standard InChI is InChI=1S/C50H46N2O14S/c1-3-44(53)61-29-59-36-17-21-38(22-18-36)63-46(55)31-9-11-33(12-10-31)48(57)65-40-25-26-42(35(27-40)28-51-50-52-41-7-5-6-8-43(41)67-50)66-49(58)34-15-13-32(14-16-34)47(56)64-39-23-19-37(20-24-39)60-30-62-45(54)4-2/h3-8,17-28,31-34H,1-2,9-16,29-30H2/b51-28+. The average Bonchev–Trinajstić information content (AvgIpc) is 3.78. The third kappa shape index (κ3) is 13.4. The molecular formula is C50H46N2O14S. The molecule has 1 aromatic heterocycles. The smallest absolute Gasteiger partial charge is 0.333 e. The molecule has 0 unspecified atom stereocenters. The van der Waals surface area contributed by atoms with Crippen LogP contribution >= 0.6 is 11.3 Å². The SMILES string of the molecule is C=CC(=O)OCOc1ccc(OC(=O)C2CCC(C(=O)Oc3ccc(OC(=O)C4CCC(C(=O)Oc5ccc(OCOC(=O)C=C)cc5)CC4)c(/C=N/c4nc5ccccc5s4)c3)CC2)cc1. The van der Waals surface area contributed by atoms with Crippen molar-refractivity contribution in [3.8, 4) is 34.5 Å². The van der Waals surface area contributed by atoms with Crippen LogP contribution in [0.15, 0.2) is 121 Å². The van der Waals surface area contributed by atoms with Crippen molar-refractivity contribution in [2.45, 2.75) is 51.4 Å². The van der Waals surface area contributed by atoms with Crippen molar-refractivity contribution in [1.29, 1.82) is 0 Å². The van der Waals surface area contributed by atoms with Gasteiger partial charge in [0.15, 0.2) is 0 Å². The Balaban J connectivity index is 0.921. The molecule has 0 amide bonds. The van der Waals surface area contributed by atoms with Gasteiger partial charge >= 0.3 is 35.8 Å². The van der Waals surface area contributed by atoms with Gasteiger partial charge in [0, 0.05) is 23.9 Å². The van der Waals surface area contributed by atoms with E-state index in [9.17, 15) is 28.8 Å². The summed E-state index contributed by atoms with van der Waals surface area (Å²) in [6.07, 6.45) is 6.89. The number of hydrogen-bond acceptors (Lipinski definition) is 17. The van der Waals surface area contributed by atoms with Crippen LogP contribution < -0.4 is 28.4 Å². The molecule has 2 fully saturated rings. The molecule has 1 heterocycles. The summed E-state index contributed by atoms with van der Waals surface area (Å²) >= 11 is 1.39. The van der Waals surface area contributed by atoms with E-state index < -0.39 is 59.5 Å². The first-order chi connectivity index (χ1) is 32.5. The normalized spacial score (nSPS) is 17.9. The molecule has 0 aliphatic heterocycles. The van der Waals surface area contributed by atoms with Crippen molar-refractivity contribution in [1.82, 2.24) is 4.98 Å². The maximum atomic E-state index is 13.6. The van der Waals surface area contributed by atoms with Crippen LogP contribution in [0.1, 0.15) is 56.9 Å². The second-order valence-corrected chi connectivity index (χ2v) is 16.5. The van der Waals surface area contributed by atoms with Gasteiger partial charge in [-0.15, -0.1) is 0 Å². The average molecular weight is 931 g/mol. The highest BCUT2D eigenvalue weighted by Gasteiger charge is 2.34. The number of para-hydroxylation sites is 1. The summed E-state index contributed by atoms with van der Waals surface area (Å²) in [7, 11) is 0. The van der Waals surface area contributed by atoms with Gasteiger partial charge in [0.2, 0.25) is 18.7 Å². The van der Waals surface area contributed by atoms with Crippen LogP contribution in [0.25, 0.3) is 10.2 Å². The highest BCUT2D eigenvalue weighted by atomic mass is 32.1. The van der Waals surface area contributed by atoms with E-state index in [1.54, 1.807) is 66.7 Å². The quantitative estimate of drug-likeness (QED) is 0.0265. The number of nitrogens with zero attached hydrogens (tertiary/aromatic N) is 2. The Labute approximate surface area is 389 Å². The highest BCUT2D eigenvalue weighted by Crippen LogP contribution is 2.35. The van der Waals surface area contributed by atoms with Crippen LogP contribution in [0.3, 0.4) is 0 Å². The van der Waals surface area contributed by atoms with Gasteiger partial charge in [-0.25, -0.2) is 19.6 Å². The van der Waals surface area contributed by atoms with Gasteiger partial charge in [0.05, 0.1) is 33.9 Å². The zero-order valence-electron chi connectivity index (χ0n) is 36.2. The highest BCUT2D eigenvalue weighted by molar-refractivity contribution is 7.22. The molecule has 4 aromatic carbocycles. The number of hydrogen-bond donors (Lipinski definition) is 0. The van der Waals surface area contributed by atoms with Crippen molar-refractivity contribution in [3.05, 3.63) is 122 Å². The summed E-state index contributed by atoms with van der Waals surface area (Å²) < 4.78 is 44.2. The molecule has 2 saturated carbocycles. The fourth-order valence-electron chi connectivity index (χ4n) is 7.38. The van der Waals surface area contributed by atoms with E-state index >= 15 is 0 Å². The van der Waals surface area contributed by atoms with Crippen LogP contribution in [0.5, 0.6) is 34.5 Å². The molecule has 17 heteroatoms. The molecule has 0 bridgehead atoms. The van der Waals surface area contributed by atoms with Crippen LogP contribution in [0.4, 0.5) is 5.13 Å². The fourth-order valence-corrected chi connectivity index (χ4v) is 8.19. The van der Waals surface area contributed by atoms with E-state index in [1.807, 2.05) is 24.3 Å². The van der Waals surface area contributed by atoms with E-state index in [2.05, 4.69) is 23.1 Å². The number of carbonyl (C=O) groups excluding carboxylic acids is 6. The van der Waals surface area contributed by atoms with Gasteiger partial charge in [-0.3, -0.25) is 19.2 Å². The third-order valence-electron chi connectivity index (χ3n) is 11.1. The minimum absolute atomic E-state index is 0.206. The predicted octanol–water partition coefficient (Wildman–Crippen LogP) is 8.81. The monoisotopic (exact) mass is 930 g/mol. The fraction of sp³-hybridized carbons (Fsp3) is 0.280. The maximum Gasteiger partial charge on any atom is 0.333 e. The van der Waals surface area contributed by atoms with Crippen molar-refractivity contribution in [3.63, 3.8) is 0 Å². The molecule has 0 N–H and O–H groups in total. The molecule has 0 spiro atoms. The van der Waals surface area contributed by atoms with Crippen molar-refractivity contribution < 1.29 is 66.7 Å². The molecule has 0 radical (unpaired) electrons. The number of esters is 6. The number of carbonyl (C=O) groups is 6. The van der Waals surface area contributed by atoms with E-state index in [-0.39, 0.29) is 25.1 Å². The molecule has 5 aromatic rings. The summed E-state index contributed by atoms with van der Waals surface area (Å²) in [6.45, 7) is 6.06. The van der Waals surface area contributed by atoms with Crippen molar-refractivity contribution in [2.75, 3.05) is 13.6 Å². The predicted molar refractivity (Wildman–Crippen MR) is 243 cm³/mol. The van der Waals surface area contributed by atoms with Crippen LogP contribution in [-0.2, 0) is 38.2 Å². The maximum absolute atomic E-state index is 13.6. The Morgan fingerprint density at radius 1 is 0.552 bits per heavy atom. The molecule has 0 atom stereocenters. The number of rotatable bonds is 18. The minimum Gasteiger partial charge on any atom is -0.457 e. The molecule has 67 heavy (non-hydrogen) atoms. The van der Waals surface area contributed by atoms with Crippen LogP contribution in [-0.4, -0.2) is 60.6 Å². The lowest BCUT2D eigenvalue weighted by Crippen LogP contribution is -2.30. The number of benzene rings is 4. The number of thiazole rings is 1. The molecule has 7 rings (SSSR count). The van der Waals surface area contributed by atoms with Gasteiger partial charge in [-0.05, 0) is 130 Å². The van der Waals surface area contributed by atoms with E-state index in [4.69, 9.17) is 37.9 Å². The Bertz CT molecular complexity index is 2590. The number of ether oxygens (including phenoxy) is 8. The molecule has 0 saturated heterocycles. The van der Waals surface area contributed by atoms with Gasteiger partial charge in [-0.2, -0.15) is 0 Å².